The van der Waals surface area contributed by atoms with E-state index in [-0.39, 0.29) is 24.0 Å². The maximum atomic E-state index is 4.77. The second-order valence-electron chi connectivity index (χ2n) is 6.21. The van der Waals surface area contributed by atoms with E-state index in [9.17, 15) is 0 Å². The van der Waals surface area contributed by atoms with E-state index in [0.717, 1.165) is 50.3 Å². The largest absolute Gasteiger partial charge is 0.357 e. The molecule has 1 aromatic rings. The number of aliphatic imine (C=N–C) groups is 1. The van der Waals surface area contributed by atoms with E-state index in [1.807, 2.05) is 18.5 Å². The molecular formula is C16H28IN7. The van der Waals surface area contributed by atoms with Crippen LogP contribution >= 0.6 is 24.0 Å². The van der Waals surface area contributed by atoms with Gasteiger partial charge in [-0.1, -0.05) is 12.2 Å². The van der Waals surface area contributed by atoms with Crippen molar-refractivity contribution in [1.29, 1.82) is 0 Å². The Labute approximate surface area is 161 Å². The lowest BCUT2D eigenvalue weighted by atomic mass is 10.2. The average molecular weight is 445 g/mol. The Morgan fingerprint density at radius 1 is 1.33 bits per heavy atom. The predicted octanol–water partition coefficient (Wildman–Crippen LogP) is 1.15. The summed E-state index contributed by atoms with van der Waals surface area (Å²) in [5.74, 6) is 2.81. The second-order valence-corrected chi connectivity index (χ2v) is 6.21. The van der Waals surface area contributed by atoms with Crippen molar-refractivity contribution in [1.82, 2.24) is 29.9 Å². The normalized spacial score (nSPS) is 21.4. The SMILES string of the molecule is CCNC(=NCc1nnc(C)n1C)N1CCC(N2CC=CC2)C1.I. The summed E-state index contributed by atoms with van der Waals surface area (Å²) < 4.78 is 2.00. The molecule has 1 saturated heterocycles. The third-order valence-corrected chi connectivity index (χ3v) is 4.71. The molecule has 1 N–H and O–H groups in total. The number of likely N-dealkylation sites (tertiary alicyclic amines) is 1. The number of aromatic nitrogens is 3. The van der Waals surface area contributed by atoms with Gasteiger partial charge in [0.2, 0.25) is 0 Å². The van der Waals surface area contributed by atoms with E-state index in [1.54, 1.807) is 0 Å². The third kappa shape index (κ3) is 4.27. The van der Waals surface area contributed by atoms with Gasteiger partial charge in [0.05, 0.1) is 0 Å². The molecule has 1 unspecified atom stereocenters. The molecule has 0 aromatic carbocycles. The van der Waals surface area contributed by atoms with Gasteiger partial charge in [0, 0.05) is 45.8 Å². The van der Waals surface area contributed by atoms with Crippen LogP contribution in [0.25, 0.3) is 0 Å². The molecule has 0 saturated carbocycles. The molecule has 2 aliphatic rings. The molecule has 8 heteroatoms. The third-order valence-electron chi connectivity index (χ3n) is 4.71. The summed E-state index contributed by atoms with van der Waals surface area (Å²) in [5, 5.41) is 11.7. The standard InChI is InChI=1S/C16H27N7.HI/c1-4-17-16(18-11-15-20-19-13(2)21(15)3)23-10-7-14(12-23)22-8-5-6-9-22;/h5-6,14H,4,7-12H2,1-3H3,(H,17,18);1H. The fourth-order valence-electron chi connectivity index (χ4n) is 3.18. The summed E-state index contributed by atoms with van der Waals surface area (Å²) in [4.78, 5) is 9.68. The number of hydrogen-bond acceptors (Lipinski definition) is 4. The summed E-state index contributed by atoms with van der Waals surface area (Å²) in [5.41, 5.74) is 0. The van der Waals surface area contributed by atoms with Crippen LogP contribution in [0, 0.1) is 6.92 Å². The van der Waals surface area contributed by atoms with Crippen LogP contribution in [0.15, 0.2) is 17.1 Å². The molecule has 3 heterocycles. The summed E-state index contributed by atoms with van der Waals surface area (Å²) in [7, 11) is 1.99. The van der Waals surface area contributed by atoms with E-state index < -0.39 is 0 Å². The Balaban J connectivity index is 0.00000208. The first-order valence-corrected chi connectivity index (χ1v) is 8.46. The quantitative estimate of drug-likeness (QED) is 0.326. The fraction of sp³-hybridized carbons (Fsp3) is 0.688. The van der Waals surface area contributed by atoms with E-state index in [0.29, 0.717) is 12.6 Å². The first-order chi connectivity index (χ1) is 11.2. The van der Waals surface area contributed by atoms with Crippen LogP contribution in [0.5, 0.6) is 0 Å². The fourth-order valence-corrected chi connectivity index (χ4v) is 3.18. The van der Waals surface area contributed by atoms with Gasteiger partial charge in [-0.15, -0.1) is 34.2 Å². The van der Waals surface area contributed by atoms with Crippen molar-refractivity contribution >= 4 is 29.9 Å². The van der Waals surface area contributed by atoms with E-state index in [1.165, 1.54) is 6.42 Å². The molecule has 1 aromatic heterocycles. The number of halogens is 1. The maximum Gasteiger partial charge on any atom is 0.194 e. The molecule has 7 nitrogen and oxygen atoms in total. The molecule has 0 aliphatic carbocycles. The zero-order valence-corrected chi connectivity index (χ0v) is 17.1. The number of guanidine groups is 1. The second kappa shape index (κ2) is 8.80. The molecular weight excluding hydrogens is 417 g/mol. The molecule has 0 amide bonds. The van der Waals surface area contributed by atoms with Crippen molar-refractivity contribution in [2.75, 3.05) is 32.7 Å². The van der Waals surface area contributed by atoms with Gasteiger partial charge in [-0.2, -0.15) is 0 Å². The van der Waals surface area contributed by atoms with Gasteiger partial charge in [0.25, 0.3) is 0 Å². The topological polar surface area (TPSA) is 61.6 Å². The lowest BCUT2D eigenvalue weighted by Crippen LogP contribution is -2.42. The highest BCUT2D eigenvalue weighted by molar-refractivity contribution is 14.0. The Bertz CT molecular complexity index is 587. The molecule has 1 atom stereocenters. The highest BCUT2D eigenvalue weighted by Crippen LogP contribution is 2.18. The maximum absolute atomic E-state index is 4.77. The van der Waals surface area contributed by atoms with Crippen LogP contribution in [-0.4, -0.2) is 69.3 Å². The van der Waals surface area contributed by atoms with Crippen molar-refractivity contribution in [3.8, 4) is 0 Å². The zero-order chi connectivity index (χ0) is 16.2. The first-order valence-electron chi connectivity index (χ1n) is 8.46. The van der Waals surface area contributed by atoms with Crippen LogP contribution in [0.2, 0.25) is 0 Å². The van der Waals surface area contributed by atoms with Gasteiger partial charge in [-0.25, -0.2) is 4.99 Å². The molecule has 1 fully saturated rings. The van der Waals surface area contributed by atoms with Crippen LogP contribution < -0.4 is 5.32 Å². The van der Waals surface area contributed by atoms with Gasteiger partial charge in [-0.3, -0.25) is 4.90 Å². The minimum Gasteiger partial charge on any atom is -0.357 e. The monoisotopic (exact) mass is 445 g/mol. The van der Waals surface area contributed by atoms with Crippen molar-refractivity contribution in [2.45, 2.75) is 32.9 Å². The van der Waals surface area contributed by atoms with Crippen LogP contribution in [-0.2, 0) is 13.6 Å². The van der Waals surface area contributed by atoms with Gasteiger partial charge < -0.3 is 14.8 Å². The van der Waals surface area contributed by atoms with Gasteiger partial charge >= 0.3 is 0 Å². The highest BCUT2D eigenvalue weighted by Gasteiger charge is 2.29. The Morgan fingerprint density at radius 3 is 2.71 bits per heavy atom. The molecule has 0 radical (unpaired) electrons. The van der Waals surface area contributed by atoms with Crippen LogP contribution in [0.1, 0.15) is 25.0 Å². The van der Waals surface area contributed by atoms with E-state index in [4.69, 9.17) is 4.99 Å². The van der Waals surface area contributed by atoms with Gasteiger partial charge in [0.1, 0.15) is 12.4 Å². The van der Waals surface area contributed by atoms with Gasteiger partial charge in [0.15, 0.2) is 11.8 Å². The summed E-state index contributed by atoms with van der Waals surface area (Å²) in [6, 6.07) is 0.630. The number of hydrogen-bond donors (Lipinski definition) is 1. The van der Waals surface area contributed by atoms with Crippen molar-refractivity contribution < 1.29 is 0 Å². The van der Waals surface area contributed by atoms with Crippen molar-refractivity contribution in [3.05, 3.63) is 23.8 Å². The van der Waals surface area contributed by atoms with Crippen LogP contribution in [0.3, 0.4) is 0 Å². The minimum atomic E-state index is 0. The number of aryl methyl sites for hydroxylation is 1. The number of rotatable bonds is 4. The molecule has 134 valence electrons. The average Bonchev–Trinajstić information content (AvgIpc) is 3.27. The minimum absolute atomic E-state index is 0. The molecule has 0 spiro atoms. The lowest BCUT2D eigenvalue weighted by Gasteiger charge is -2.25. The zero-order valence-electron chi connectivity index (χ0n) is 14.8. The summed E-state index contributed by atoms with van der Waals surface area (Å²) >= 11 is 0. The Morgan fingerprint density at radius 2 is 2.08 bits per heavy atom. The Kier molecular flexibility index (Phi) is 7.02. The predicted molar refractivity (Wildman–Crippen MR) is 107 cm³/mol. The van der Waals surface area contributed by atoms with Gasteiger partial charge in [-0.05, 0) is 20.3 Å². The number of nitrogens with one attached hydrogen (secondary N) is 1. The molecule has 24 heavy (non-hydrogen) atoms. The molecule has 0 bridgehead atoms. The van der Waals surface area contributed by atoms with E-state index >= 15 is 0 Å². The number of nitrogens with zero attached hydrogens (tertiary/aromatic N) is 6. The first kappa shape index (κ1) is 19.2. The molecule has 3 rings (SSSR count). The summed E-state index contributed by atoms with van der Waals surface area (Å²) in [6.45, 7) is 9.79. The van der Waals surface area contributed by atoms with Crippen molar-refractivity contribution in [2.24, 2.45) is 12.0 Å². The summed E-state index contributed by atoms with van der Waals surface area (Å²) in [6.07, 6.45) is 5.73. The lowest BCUT2D eigenvalue weighted by molar-refractivity contribution is 0.259. The smallest absolute Gasteiger partial charge is 0.194 e. The van der Waals surface area contributed by atoms with Crippen LogP contribution in [0.4, 0.5) is 0 Å². The Hall–Kier alpha value is -1.16. The highest BCUT2D eigenvalue weighted by atomic mass is 127. The molecule has 2 aliphatic heterocycles. The van der Waals surface area contributed by atoms with Crippen molar-refractivity contribution in [3.63, 3.8) is 0 Å². The van der Waals surface area contributed by atoms with E-state index in [2.05, 4.69) is 44.4 Å².